The van der Waals surface area contributed by atoms with E-state index in [2.05, 4.69) is 4.98 Å². The van der Waals surface area contributed by atoms with Crippen LogP contribution in [0.2, 0.25) is 5.15 Å². The maximum Gasteiger partial charge on any atom is 0.325 e. The zero-order chi connectivity index (χ0) is 13.5. The summed E-state index contributed by atoms with van der Waals surface area (Å²) in [5.41, 5.74) is 5.57. The van der Waals surface area contributed by atoms with Crippen LogP contribution in [0.1, 0.15) is 5.56 Å². The first-order valence-electron chi connectivity index (χ1n) is 5.09. The molecule has 4 amide bonds. The Hall–Kier alpha value is -1.86. The fourth-order valence-electron chi connectivity index (χ4n) is 1.28. The second-order valence-electron chi connectivity index (χ2n) is 3.43. The number of aliphatic hydroxyl groups is 1. The smallest absolute Gasteiger partial charge is 0.325 e. The second kappa shape index (κ2) is 6.77. The maximum absolute atomic E-state index is 11.6. The Bertz CT molecular complexity index is 424. The Labute approximate surface area is 109 Å². The molecule has 0 aliphatic rings. The summed E-state index contributed by atoms with van der Waals surface area (Å²) in [6.45, 7) is 0.0266. The predicted molar refractivity (Wildman–Crippen MR) is 64.9 cm³/mol. The van der Waals surface area contributed by atoms with Crippen LogP contribution in [0.3, 0.4) is 0 Å². The van der Waals surface area contributed by atoms with Gasteiger partial charge in [0.1, 0.15) is 5.15 Å². The van der Waals surface area contributed by atoms with Crippen molar-refractivity contribution in [1.82, 2.24) is 15.2 Å². The molecular formula is C10H13ClN4O3. The molecule has 1 heterocycles. The number of imide groups is 1. The first kappa shape index (κ1) is 14.2. The third-order valence-corrected chi connectivity index (χ3v) is 2.27. The van der Waals surface area contributed by atoms with Crippen molar-refractivity contribution < 1.29 is 14.7 Å². The van der Waals surface area contributed by atoms with E-state index < -0.39 is 12.1 Å². The van der Waals surface area contributed by atoms with E-state index >= 15 is 0 Å². The Morgan fingerprint density at radius 1 is 1.50 bits per heavy atom. The van der Waals surface area contributed by atoms with Crippen LogP contribution in [-0.2, 0) is 6.54 Å². The molecule has 0 fully saturated rings. The molecule has 1 aromatic rings. The minimum absolute atomic E-state index is 0.0712. The lowest BCUT2D eigenvalue weighted by molar-refractivity contribution is 0.174. The lowest BCUT2D eigenvalue weighted by atomic mass is 10.2. The molecule has 1 rings (SSSR count). The molecule has 0 atom stereocenters. The zero-order valence-corrected chi connectivity index (χ0v) is 10.2. The van der Waals surface area contributed by atoms with Gasteiger partial charge in [-0.05, 0) is 11.6 Å². The molecule has 0 aliphatic carbocycles. The summed E-state index contributed by atoms with van der Waals surface area (Å²) in [5, 5.41) is 11.1. The number of amides is 4. The molecule has 0 unspecified atom stereocenters. The largest absolute Gasteiger partial charge is 0.395 e. The van der Waals surface area contributed by atoms with Gasteiger partial charge in [-0.2, -0.15) is 0 Å². The molecule has 8 heteroatoms. The average Bonchev–Trinajstić information content (AvgIpc) is 2.30. The highest BCUT2D eigenvalue weighted by atomic mass is 35.5. The maximum atomic E-state index is 11.6. The van der Waals surface area contributed by atoms with Gasteiger partial charge in [-0.1, -0.05) is 17.7 Å². The van der Waals surface area contributed by atoms with Crippen LogP contribution in [0.25, 0.3) is 0 Å². The Kier molecular flexibility index (Phi) is 5.34. The Balaban J connectivity index is 2.70. The van der Waals surface area contributed by atoms with Crippen molar-refractivity contribution in [3.63, 3.8) is 0 Å². The van der Waals surface area contributed by atoms with E-state index in [0.717, 1.165) is 0 Å². The SMILES string of the molecule is NC(=O)NC(=O)N(CCO)Cc1ccc(Cl)nc1. The number of primary amides is 1. The van der Waals surface area contributed by atoms with Gasteiger partial charge in [0.15, 0.2) is 0 Å². The number of nitrogens with one attached hydrogen (secondary N) is 1. The molecule has 4 N–H and O–H groups in total. The molecule has 0 bridgehead atoms. The number of pyridine rings is 1. The van der Waals surface area contributed by atoms with Crippen molar-refractivity contribution >= 4 is 23.7 Å². The van der Waals surface area contributed by atoms with Gasteiger partial charge in [-0.15, -0.1) is 0 Å². The summed E-state index contributed by atoms with van der Waals surface area (Å²) in [5.74, 6) is 0. The number of halogens is 1. The molecule has 98 valence electrons. The van der Waals surface area contributed by atoms with Gasteiger partial charge in [0, 0.05) is 19.3 Å². The molecule has 0 aromatic carbocycles. The van der Waals surface area contributed by atoms with Gasteiger partial charge in [0.05, 0.1) is 6.61 Å². The van der Waals surface area contributed by atoms with Crippen LogP contribution in [0.5, 0.6) is 0 Å². The van der Waals surface area contributed by atoms with Crippen LogP contribution in [0, 0.1) is 0 Å². The molecule has 0 aliphatic heterocycles. The number of aliphatic hydroxyl groups excluding tert-OH is 1. The number of nitrogens with zero attached hydrogens (tertiary/aromatic N) is 2. The highest BCUT2D eigenvalue weighted by Gasteiger charge is 2.14. The van der Waals surface area contributed by atoms with Gasteiger partial charge < -0.3 is 15.7 Å². The van der Waals surface area contributed by atoms with E-state index in [0.29, 0.717) is 10.7 Å². The fraction of sp³-hybridized carbons (Fsp3) is 0.300. The highest BCUT2D eigenvalue weighted by molar-refractivity contribution is 6.29. The van der Waals surface area contributed by atoms with Crippen molar-refractivity contribution in [2.75, 3.05) is 13.2 Å². The van der Waals surface area contributed by atoms with Crippen LogP contribution >= 0.6 is 11.6 Å². The number of nitrogens with two attached hydrogens (primary N) is 1. The summed E-state index contributed by atoms with van der Waals surface area (Å²) in [7, 11) is 0. The van der Waals surface area contributed by atoms with Crippen molar-refractivity contribution in [3.05, 3.63) is 29.0 Å². The zero-order valence-electron chi connectivity index (χ0n) is 9.47. The molecule has 0 radical (unpaired) electrons. The molecule has 0 spiro atoms. The van der Waals surface area contributed by atoms with E-state index in [4.69, 9.17) is 22.4 Å². The summed E-state index contributed by atoms with van der Waals surface area (Å²) < 4.78 is 0. The molecule has 7 nitrogen and oxygen atoms in total. The molecule has 0 saturated heterocycles. The lowest BCUT2D eigenvalue weighted by Crippen LogP contribution is -2.45. The topological polar surface area (TPSA) is 109 Å². The van der Waals surface area contributed by atoms with Crippen LogP contribution < -0.4 is 11.1 Å². The number of aromatic nitrogens is 1. The minimum Gasteiger partial charge on any atom is -0.395 e. The van der Waals surface area contributed by atoms with Crippen molar-refractivity contribution in [2.24, 2.45) is 5.73 Å². The summed E-state index contributed by atoms with van der Waals surface area (Å²) in [6, 6.07) is 1.65. The van der Waals surface area contributed by atoms with Gasteiger partial charge in [-0.25, -0.2) is 14.6 Å². The number of carbonyl (C=O) groups excluding carboxylic acids is 2. The molecule has 1 aromatic heterocycles. The third kappa shape index (κ3) is 4.56. The average molecular weight is 273 g/mol. The van der Waals surface area contributed by atoms with E-state index in [1.807, 2.05) is 5.32 Å². The lowest BCUT2D eigenvalue weighted by Gasteiger charge is -2.21. The summed E-state index contributed by atoms with van der Waals surface area (Å²) in [4.78, 5) is 27.3. The number of urea groups is 2. The van der Waals surface area contributed by atoms with Gasteiger partial charge in [0.25, 0.3) is 0 Å². The van der Waals surface area contributed by atoms with E-state index in [9.17, 15) is 9.59 Å². The number of rotatable bonds is 4. The van der Waals surface area contributed by atoms with Crippen LogP contribution in [0.4, 0.5) is 9.59 Å². The quantitative estimate of drug-likeness (QED) is 0.686. The van der Waals surface area contributed by atoms with Crippen molar-refractivity contribution in [3.8, 4) is 0 Å². The number of hydrogen-bond acceptors (Lipinski definition) is 4. The first-order valence-corrected chi connectivity index (χ1v) is 5.47. The van der Waals surface area contributed by atoms with E-state index in [1.54, 1.807) is 12.1 Å². The van der Waals surface area contributed by atoms with Gasteiger partial charge in [-0.3, -0.25) is 5.32 Å². The number of hydrogen-bond donors (Lipinski definition) is 3. The summed E-state index contributed by atoms with van der Waals surface area (Å²) in [6.07, 6.45) is 1.50. The molecule has 0 saturated carbocycles. The third-order valence-electron chi connectivity index (χ3n) is 2.05. The predicted octanol–water partition coefficient (Wildman–Crippen LogP) is 0.318. The number of carbonyl (C=O) groups is 2. The standard InChI is InChI=1S/C10H13ClN4O3/c11-8-2-1-7(5-13-8)6-15(3-4-16)10(18)14-9(12)17/h1-2,5,16H,3-4,6H2,(H3,12,14,17,18). The van der Waals surface area contributed by atoms with Crippen LogP contribution in [-0.4, -0.2) is 40.2 Å². The summed E-state index contributed by atoms with van der Waals surface area (Å²) >= 11 is 5.64. The molecule has 18 heavy (non-hydrogen) atoms. The Morgan fingerprint density at radius 2 is 2.22 bits per heavy atom. The highest BCUT2D eigenvalue weighted by Crippen LogP contribution is 2.08. The second-order valence-corrected chi connectivity index (χ2v) is 3.82. The van der Waals surface area contributed by atoms with Gasteiger partial charge >= 0.3 is 12.1 Å². The molecular weight excluding hydrogens is 260 g/mol. The Morgan fingerprint density at radius 3 is 2.72 bits per heavy atom. The van der Waals surface area contributed by atoms with E-state index in [-0.39, 0.29) is 19.7 Å². The van der Waals surface area contributed by atoms with Gasteiger partial charge in [0.2, 0.25) is 0 Å². The normalized spacial score (nSPS) is 9.89. The van der Waals surface area contributed by atoms with Crippen molar-refractivity contribution in [2.45, 2.75) is 6.54 Å². The fourth-order valence-corrected chi connectivity index (χ4v) is 1.39. The minimum atomic E-state index is -0.947. The first-order chi connectivity index (χ1) is 8.52. The van der Waals surface area contributed by atoms with Crippen molar-refractivity contribution in [1.29, 1.82) is 0 Å². The van der Waals surface area contributed by atoms with E-state index in [1.165, 1.54) is 11.1 Å². The monoisotopic (exact) mass is 272 g/mol. The van der Waals surface area contributed by atoms with Crippen LogP contribution in [0.15, 0.2) is 18.3 Å².